The fraction of sp³-hybridized carbons (Fsp3) is 0.647. The molecule has 6 nitrogen and oxygen atoms in total. The zero-order chi connectivity index (χ0) is 16.3. The van der Waals surface area contributed by atoms with Gasteiger partial charge in [-0.2, -0.15) is 0 Å². The molecular formula is C17H24N2O4. The Kier molecular flexibility index (Phi) is 4.71. The highest BCUT2D eigenvalue weighted by Crippen LogP contribution is 2.35. The van der Waals surface area contributed by atoms with E-state index < -0.39 is 0 Å². The summed E-state index contributed by atoms with van der Waals surface area (Å²) in [6.07, 6.45) is 6.72. The number of ether oxygens (including phenoxy) is 2. The topological polar surface area (TPSA) is 60.8 Å². The molecule has 2 aliphatic rings. The summed E-state index contributed by atoms with van der Waals surface area (Å²) in [5.41, 5.74) is -0.282. The quantitative estimate of drug-likeness (QED) is 0.845. The van der Waals surface area contributed by atoms with Gasteiger partial charge in [-0.1, -0.05) is 0 Å². The van der Waals surface area contributed by atoms with E-state index in [1.54, 1.807) is 18.3 Å². The molecule has 0 aliphatic carbocycles. The number of pyridine rings is 1. The average molecular weight is 320 g/mol. The van der Waals surface area contributed by atoms with Crippen molar-refractivity contribution in [2.45, 2.75) is 44.2 Å². The zero-order valence-corrected chi connectivity index (χ0v) is 13.6. The van der Waals surface area contributed by atoms with E-state index in [1.165, 1.54) is 11.7 Å². The molecule has 3 rings (SSSR count). The summed E-state index contributed by atoms with van der Waals surface area (Å²) in [7, 11) is 1.46. The molecule has 6 heteroatoms. The summed E-state index contributed by atoms with van der Waals surface area (Å²) >= 11 is 0. The lowest BCUT2D eigenvalue weighted by Gasteiger charge is -2.27. The third-order valence-corrected chi connectivity index (χ3v) is 4.95. The predicted octanol–water partition coefficient (Wildman–Crippen LogP) is 1.42. The Morgan fingerprint density at radius 1 is 1.30 bits per heavy atom. The van der Waals surface area contributed by atoms with Gasteiger partial charge in [-0.15, -0.1) is 0 Å². The number of likely N-dealkylation sites (tertiary alicyclic amines) is 1. The standard InChI is InChI=1S/C17H24N2O4/c1-22-14-5-2-9-19(16(14)21)13-15(20)18-10-3-6-17(8-11-18)7-4-12-23-17/h2,5,9H,3-4,6-8,10-13H2,1H3/t17-/m1/s1. The molecule has 0 aromatic carbocycles. The summed E-state index contributed by atoms with van der Waals surface area (Å²) in [5, 5.41) is 0. The monoisotopic (exact) mass is 320 g/mol. The lowest BCUT2D eigenvalue weighted by Crippen LogP contribution is -2.38. The van der Waals surface area contributed by atoms with Crippen LogP contribution in [0.15, 0.2) is 23.1 Å². The van der Waals surface area contributed by atoms with Gasteiger partial charge in [0.15, 0.2) is 5.75 Å². The maximum atomic E-state index is 12.6. The number of rotatable bonds is 3. The second-order valence-corrected chi connectivity index (χ2v) is 6.38. The van der Waals surface area contributed by atoms with Gasteiger partial charge < -0.3 is 18.9 Å². The highest BCUT2D eigenvalue weighted by Gasteiger charge is 2.37. The molecule has 3 heterocycles. The smallest absolute Gasteiger partial charge is 0.293 e. The average Bonchev–Trinajstić information content (AvgIpc) is 2.90. The molecule has 0 radical (unpaired) electrons. The Morgan fingerprint density at radius 3 is 2.87 bits per heavy atom. The van der Waals surface area contributed by atoms with Crippen molar-refractivity contribution in [1.29, 1.82) is 0 Å². The summed E-state index contributed by atoms with van der Waals surface area (Å²) < 4.78 is 12.4. The van der Waals surface area contributed by atoms with Crippen LogP contribution in [0.5, 0.6) is 5.75 Å². The van der Waals surface area contributed by atoms with Gasteiger partial charge >= 0.3 is 0 Å². The Hall–Kier alpha value is -1.82. The number of amides is 1. The second-order valence-electron chi connectivity index (χ2n) is 6.38. The molecule has 0 unspecified atom stereocenters. The van der Waals surface area contributed by atoms with Crippen LogP contribution in [0, 0.1) is 0 Å². The van der Waals surface area contributed by atoms with Crippen LogP contribution < -0.4 is 10.3 Å². The molecule has 23 heavy (non-hydrogen) atoms. The largest absolute Gasteiger partial charge is 0.491 e. The van der Waals surface area contributed by atoms with Crippen LogP contribution in [0.1, 0.15) is 32.1 Å². The summed E-state index contributed by atoms with van der Waals surface area (Å²) in [4.78, 5) is 26.6. The fourth-order valence-electron chi connectivity index (χ4n) is 3.61. The van der Waals surface area contributed by atoms with Gasteiger partial charge in [0.1, 0.15) is 6.54 Å². The molecule has 0 saturated carbocycles. The third-order valence-electron chi connectivity index (χ3n) is 4.95. The molecular weight excluding hydrogens is 296 g/mol. The van der Waals surface area contributed by atoms with Crippen LogP contribution in [0.3, 0.4) is 0 Å². The minimum Gasteiger partial charge on any atom is -0.491 e. The van der Waals surface area contributed by atoms with Crippen LogP contribution in [-0.4, -0.2) is 47.8 Å². The second kappa shape index (κ2) is 6.74. The van der Waals surface area contributed by atoms with Crippen molar-refractivity contribution in [1.82, 2.24) is 9.47 Å². The number of methoxy groups -OCH3 is 1. The predicted molar refractivity (Wildman–Crippen MR) is 85.6 cm³/mol. The van der Waals surface area contributed by atoms with E-state index in [2.05, 4.69) is 0 Å². The van der Waals surface area contributed by atoms with E-state index in [4.69, 9.17) is 9.47 Å². The number of aromatic nitrogens is 1. The number of carbonyl (C=O) groups excluding carboxylic acids is 1. The van der Waals surface area contributed by atoms with Gasteiger partial charge in [0, 0.05) is 25.9 Å². The van der Waals surface area contributed by atoms with Crippen molar-refractivity contribution in [3.63, 3.8) is 0 Å². The van der Waals surface area contributed by atoms with Gasteiger partial charge in [-0.25, -0.2) is 0 Å². The highest BCUT2D eigenvalue weighted by molar-refractivity contribution is 5.76. The molecule has 0 bridgehead atoms. The number of nitrogens with zero attached hydrogens (tertiary/aromatic N) is 2. The third kappa shape index (κ3) is 3.42. The Labute approximate surface area is 136 Å². The van der Waals surface area contributed by atoms with E-state index >= 15 is 0 Å². The molecule has 1 spiro atoms. The molecule has 1 aromatic rings. The molecule has 2 fully saturated rings. The molecule has 126 valence electrons. The molecule has 2 saturated heterocycles. The van der Waals surface area contributed by atoms with E-state index in [1.807, 2.05) is 4.90 Å². The normalized spacial score (nSPS) is 24.7. The first kappa shape index (κ1) is 16.1. The lowest BCUT2D eigenvalue weighted by atomic mass is 9.92. The maximum absolute atomic E-state index is 12.6. The van der Waals surface area contributed by atoms with Crippen molar-refractivity contribution in [3.8, 4) is 5.75 Å². The van der Waals surface area contributed by atoms with E-state index in [-0.39, 0.29) is 29.4 Å². The first-order valence-corrected chi connectivity index (χ1v) is 8.29. The number of hydrogen-bond acceptors (Lipinski definition) is 4. The van der Waals surface area contributed by atoms with Crippen LogP contribution in [0.2, 0.25) is 0 Å². The maximum Gasteiger partial charge on any atom is 0.293 e. The molecule has 1 amide bonds. The Morgan fingerprint density at radius 2 is 2.13 bits per heavy atom. The van der Waals surface area contributed by atoms with Crippen LogP contribution >= 0.6 is 0 Å². The van der Waals surface area contributed by atoms with Gasteiger partial charge in [-0.3, -0.25) is 9.59 Å². The van der Waals surface area contributed by atoms with Crippen molar-refractivity contribution in [2.24, 2.45) is 0 Å². The van der Waals surface area contributed by atoms with Gasteiger partial charge in [-0.05, 0) is 44.2 Å². The minimum atomic E-state index is -0.270. The van der Waals surface area contributed by atoms with Crippen molar-refractivity contribution in [3.05, 3.63) is 28.7 Å². The van der Waals surface area contributed by atoms with Gasteiger partial charge in [0.25, 0.3) is 5.56 Å². The van der Waals surface area contributed by atoms with Crippen LogP contribution in [-0.2, 0) is 16.1 Å². The molecule has 0 N–H and O–H groups in total. The van der Waals surface area contributed by atoms with E-state index in [0.29, 0.717) is 6.54 Å². The highest BCUT2D eigenvalue weighted by atomic mass is 16.5. The van der Waals surface area contributed by atoms with Gasteiger partial charge in [0.05, 0.1) is 12.7 Å². The van der Waals surface area contributed by atoms with Gasteiger partial charge in [0.2, 0.25) is 5.91 Å². The van der Waals surface area contributed by atoms with E-state index in [9.17, 15) is 9.59 Å². The lowest BCUT2D eigenvalue weighted by molar-refractivity contribution is -0.132. The SMILES string of the molecule is COc1cccn(CC(=O)N2CCC[C@@]3(CCCO3)CC2)c1=O. The Balaban J connectivity index is 1.66. The summed E-state index contributed by atoms with van der Waals surface area (Å²) in [6, 6.07) is 3.33. The van der Waals surface area contributed by atoms with Crippen LogP contribution in [0.4, 0.5) is 0 Å². The van der Waals surface area contributed by atoms with Crippen LogP contribution in [0.25, 0.3) is 0 Å². The molecule has 2 aliphatic heterocycles. The van der Waals surface area contributed by atoms with Crippen molar-refractivity contribution >= 4 is 5.91 Å². The first-order valence-electron chi connectivity index (χ1n) is 8.29. The molecule has 1 aromatic heterocycles. The first-order chi connectivity index (χ1) is 11.1. The minimum absolute atomic E-state index is 0.0121. The number of hydrogen-bond donors (Lipinski definition) is 0. The summed E-state index contributed by atoms with van der Waals surface area (Å²) in [6.45, 7) is 2.34. The molecule has 1 atom stereocenters. The number of carbonyl (C=O) groups is 1. The fourth-order valence-corrected chi connectivity index (χ4v) is 3.61. The summed E-state index contributed by atoms with van der Waals surface area (Å²) in [5.74, 6) is 0.241. The van der Waals surface area contributed by atoms with Crippen molar-refractivity contribution in [2.75, 3.05) is 26.8 Å². The Bertz CT molecular complexity index is 619. The zero-order valence-electron chi connectivity index (χ0n) is 13.6. The van der Waals surface area contributed by atoms with Crippen molar-refractivity contribution < 1.29 is 14.3 Å². The van der Waals surface area contributed by atoms with E-state index in [0.717, 1.165) is 45.3 Å².